The van der Waals surface area contributed by atoms with Crippen molar-refractivity contribution in [2.75, 3.05) is 5.32 Å². The molecule has 0 unspecified atom stereocenters. The summed E-state index contributed by atoms with van der Waals surface area (Å²) >= 11 is 0. The predicted molar refractivity (Wildman–Crippen MR) is 74.1 cm³/mol. The normalized spacial score (nSPS) is 10.3. The monoisotopic (exact) mass is 275 g/mol. The fraction of sp³-hybridized carbons (Fsp3) is 0.214. The van der Waals surface area contributed by atoms with Crippen molar-refractivity contribution in [2.45, 2.75) is 20.4 Å². The van der Waals surface area contributed by atoms with Gasteiger partial charge in [-0.15, -0.1) is 0 Å². The molecule has 0 aliphatic carbocycles. The third-order valence-electron chi connectivity index (χ3n) is 2.93. The van der Waals surface area contributed by atoms with E-state index in [1.807, 2.05) is 19.1 Å². The van der Waals surface area contributed by atoms with Crippen molar-refractivity contribution >= 4 is 11.4 Å². The molecule has 0 fully saturated rings. The molecular formula is C14H14FN3O2. The lowest BCUT2D eigenvalue weighted by Gasteiger charge is -2.08. The zero-order chi connectivity index (χ0) is 14.7. The van der Waals surface area contributed by atoms with Crippen LogP contribution in [0.3, 0.4) is 0 Å². The molecule has 0 aliphatic rings. The predicted octanol–water partition coefficient (Wildman–Crippen LogP) is 3.36. The first kappa shape index (κ1) is 13.9. The summed E-state index contributed by atoms with van der Waals surface area (Å²) in [6.45, 7) is 3.84. The zero-order valence-corrected chi connectivity index (χ0v) is 11.2. The van der Waals surface area contributed by atoms with Crippen molar-refractivity contribution in [1.82, 2.24) is 4.98 Å². The second-order valence-electron chi connectivity index (χ2n) is 4.54. The molecule has 1 aromatic heterocycles. The summed E-state index contributed by atoms with van der Waals surface area (Å²) in [4.78, 5) is 14.5. The molecule has 1 aromatic carbocycles. The number of aromatic nitrogens is 1. The van der Waals surface area contributed by atoms with Gasteiger partial charge in [-0.2, -0.15) is 0 Å². The lowest BCUT2D eigenvalue weighted by atomic mass is 10.1. The molecule has 20 heavy (non-hydrogen) atoms. The Morgan fingerprint density at radius 1 is 1.35 bits per heavy atom. The Labute approximate surface area is 115 Å². The Morgan fingerprint density at radius 3 is 2.70 bits per heavy atom. The van der Waals surface area contributed by atoms with Gasteiger partial charge in [0.15, 0.2) is 0 Å². The fourth-order valence-electron chi connectivity index (χ4n) is 1.76. The molecule has 0 amide bonds. The van der Waals surface area contributed by atoms with Crippen LogP contribution in [-0.2, 0) is 6.54 Å². The summed E-state index contributed by atoms with van der Waals surface area (Å²) in [5, 5.41) is 13.9. The Kier molecular flexibility index (Phi) is 3.93. The first-order valence-corrected chi connectivity index (χ1v) is 6.07. The second kappa shape index (κ2) is 5.64. The van der Waals surface area contributed by atoms with Crippen molar-refractivity contribution < 1.29 is 9.31 Å². The number of aryl methyl sites for hydroxylation is 2. The van der Waals surface area contributed by atoms with Crippen LogP contribution < -0.4 is 5.32 Å². The molecule has 0 radical (unpaired) electrons. The number of rotatable bonds is 4. The Bertz CT molecular complexity index is 642. The molecule has 1 N–H and O–H groups in total. The summed E-state index contributed by atoms with van der Waals surface area (Å²) in [5.41, 5.74) is 2.19. The standard InChI is InChI=1S/C14H14FN3O2/c1-9-5-13(14(18(19)20)6-12(9)15)17-8-11-4-3-10(2)16-7-11/h3-7,17H,8H2,1-2H3. The number of benzene rings is 1. The van der Waals surface area contributed by atoms with Crippen molar-refractivity contribution in [3.8, 4) is 0 Å². The van der Waals surface area contributed by atoms with Crippen LogP contribution in [0.15, 0.2) is 30.5 Å². The minimum atomic E-state index is -0.599. The number of nitro groups is 1. The van der Waals surface area contributed by atoms with Crippen LogP contribution in [-0.4, -0.2) is 9.91 Å². The van der Waals surface area contributed by atoms with Crippen molar-refractivity contribution in [3.05, 3.63) is 63.2 Å². The number of nitro benzene ring substituents is 1. The fourth-order valence-corrected chi connectivity index (χ4v) is 1.76. The lowest BCUT2D eigenvalue weighted by Crippen LogP contribution is -2.04. The molecule has 0 atom stereocenters. The SMILES string of the molecule is Cc1ccc(CNc2cc(C)c(F)cc2[N+](=O)[O-])cn1. The third-order valence-corrected chi connectivity index (χ3v) is 2.93. The van der Waals surface area contributed by atoms with Crippen LogP contribution in [0, 0.1) is 29.8 Å². The van der Waals surface area contributed by atoms with Crippen molar-refractivity contribution in [3.63, 3.8) is 0 Å². The van der Waals surface area contributed by atoms with E-state index in [1.54, 1.807) is 13.1 Å². The van der Waals surface area contributed by atoms with Gasteiger partial charge in [0.05, 0.1) is 11.0 Å². The van der Waals surface area contributed by atoms with Crippen LogP contribution in [0.1, 0.15) is 16.8 Å². The van der Waals surface area contributed by atoms with Gasteiger partial charge in [-0.1, -0.05) is 6.07 Å². The minimum absolute atomic E-state index is 0.270. The second-order valence-corrected chi connectivity index (χ2v) is 4.54. The van der Waals surface area contributed by atoms with Crippen molar-refractivity contribution in [2.24, 2.45) is 0 Å². The minimum Gasteiger partial charge on any atom is -0.375 e. The highest BCUT2D eigenvalue weighted by molar-refractivity contribution is 5.63. The van der Waals surface area contributed by atoms with Gasteiger partial charge in [-0.05, 0) is 37.1 Å². The van der Waals surface area contributed by atoms with E-state index in [9.17, 15) is 14.5 Å². The van der Waals surface area contributed by atoms with Gasteiger partial charge >= 0.3 is 0 Å². The summed E-state index contributed by atoms with van der Waals surface area (Å²) in [7, 11) is 0. The molecule has 2 rings (SSSR count). The number of nitrogens with zero attached hydrogens (tertiary/aromatic N) is 2. The van der Waals surface area contributed by atoms with Crippen LogP contribution in [0.25, 0.3) is 0 Å². The van der Waals surface area contributed by atoms with E-state index in [4.69, 9.17) is 0 Å². The maximum absolute atomic E-state index is 13.4. The van der Waals surface area contributed by atoms with Gasteiger partial charge in [0.25, 0.3) is 5.69 Å². The van der Waals surface area contributed by atoms with Gasteiger partial charge in [0.1, 0.15) is 11.5 Å². The largest absolute Gasteiger partial charge is 0.375 e. The van der Waals surface area contributed by atoms with E-state index < -0.39 is 10.7 Å². The van der Waals surface area contributed by atoms with Gasteiger partial charge in [-0.25, -0.2) is 4.39 Å². The molecule has 6 heteroatoms. The van der Waals surface area contributed by atoms with E-state index in [0.29, 0.717) is 17.8 Å². The molecule has 0 saturated carbocycles. The first-order valence-electron chi connectivity index (χ1n) is 6.07. The number of hydrogen-bond acceptors (Lipinski definition) is 4. The van der Waals surface area contributed by atoms with E-state index in [1.165, 1.54) is 6.07 Å². The van der Waals surface area contributed by atoms with Crippen LogP contribution >= 0.6 is 0 Å². The molecule has 5 nitrogen and oxygen atoms in total. The highest BCUT2D eigenvalue weighted by Crippen LogP contribution is 2.27. The first-order chi connectivity index (χ1) is 9.47. The highest BCUT2D eigenvalue weighted by Gasteiger charge is 2.16. The van der Waals surface area contributed by atoms with E-state index >= 15 is 0 Å². The van der Waals surface area contributed by atoms with Crippen molar-refractivity contribution in [1.29, 1.82) is 0 Å². The maximum atomic E-state index is 13.4. The summed E-state index contributed by atoms with van der Waals surface area (Å²) in [6.07, 6.45) is 1.70. The Hall–Kier alpha value is -2.50. The maximum Gasteiger partial charge on any atom is 0.295 e. The summed E-state index contributed by atoms with van der Waals surface area (Å²) in [5.74, 6) is -0.584. The van der Waals surface area contributed by atoms with E-state index in [0.717, 1.165) is 17.3 Å². The number of nitrogens with one attached hydrogen (secondary N) is 1. The average Bonchev–Trinajstić information content (AvgIpc) is 2.41. The molecule has 104 valence electrons. The van der Waals surface area contributed by atoms with Crippen LogP contribution in [0.5, 0.6) is 0 Å². The number of hydrogen-bond donors (Lipinski definition) is 1. The topological polar surface area (TPSA) is 68.1 Å². The number of pyridine rings is 1. The van der Waals surface area contributed by atoms with Crippen LogP contribution in [0.4, 0.5) is 15.8 Å². The van der Waals surface area contributed by atoms with Gasteiger partial charge in [0.2, 0.25) is 0 Å². The lowest BCUT2D eigenvalue weighted by molar-refractivity contribution is -0.384. The Balaban J connectivity index is 2.22. The zero-order valence-electron chi connectivity index (χ0n) is 11.2. The number of halogens is 1. The van der Waals surface area contributed by atoms with E-state index in [2.05, 4.69) is 10.3 Å². The molecule has 1 heterocycles. The van der Waals surface area contributed by atoms with Crippen LogP contribution in [0.2, 0.25) is 0 Å². The molecule has 0 spiro atoms. The van der Waals surface area contributed by atoms with Gasteiger partial charge in [-0.3, -0.25) is 15.1 Å². The smallest absolute Gasteiger partial charge is 0.295 e. The molecule has 0 bridgehead atoms. The molecule has 2 aromatic rings. The highest BCUT2D eigenvalue weighted by atomic mass is 19.1. The average molecular weight is 275 g/mol. The third kappa shape index (κ3) is 3.09. The van der Waals surface area contributed by atoms with E-state index in [-0.39, 0.29) is 5.69 Å². The van der Waals surface area contributed by atoms with Gasteiger partial charge < -0.3 is 5.32 Å². The molecule has 0 saturated heterocycles. The Morgan fingerprint density at radius 2 is 2.10 bits per heavy atom. The summed E-state index contributed by atoms with van der Waals surface area (Å²) < 4.78 is 13.4. The molecular weight excluding hydrogens is 261 g/mol. The summed E-state index contributed by atoms with van der Waals surface area (Å²) in [6, 6.07) is 6.12. The molecule has 0 aliphatic heterocycles. The van der Waals surface area contributed by atoms with Gasteiger partial charge in [0, 0.05) is 18.4 Å². The quantitative estimate of drug-likeness (QED) is 0.686. The number of anilines is 1.